The summed E-state index contributed by atoms with van der Waals surface area (Å²) in [4.78, 5) is 31.4. The number of aromatic nitrogens is 3. The van der Waals surface area contributed by atoms with E-state index in [-0.39, 0.29) is 23.4 Å². The third kappa shape index (κ3) is 5.26. The molecule has 2 aromatic heterocycles. The molecule has 1 aliphatic heterocycles. The van der Waals surface area contributed by atoms with Crippen LogP contribution in [0.2, 0.25) is 0 Å². The Hall–Kier alpha value is -4.51. The van der Waals surface area contributed by atoms with Crippen LogP contribution in [0.3, 0.4) is 0 Å². The van der Waals surface area contributed by atoms with E-state index < -0.39 is 30.2 Å². The van der Waals surface area contributed by atoms with Crippen molar-refractivity contribution >= 4 is 17.5 Å². The number of alkyl halides is 3. The first kappa shape index (κ1) is 26.1. The van der Waals surface area contributed by atoms with Gasteiger partial charge in [-0.25, -0.2) is 0 Å². The Bertz CT molecular complexity index is 1550. The highest BCUT2D eigenvalue weighted by molar-refractivity contribution is 6.07. The molecular weight excluding hydrogens is 511 g/mol. The molecule has 5 rings (SSSR count). The molecule has 2 amide bonds. The largest absolute Gasteiger partial charge is 0.417 e. The van der Waals surface area contributed by atoms with E-state index in [0.717, 1.165) is 28.8 Å². The van der Waals surface area contributed by atoms with E-state index in [1.165, 1.54) is 34.1 Å². The van der Waals surface area contributed by atoms with Gasteiger partial charge in [-0.2, -0.15) is 18.3 Å². The van der Waals surface area contributed by atoms with Crippen molar-refractivity contribution in [1.82, 2.24) is 19.7 Å². The van der Waals surface area contributed by atoms with E-state index in [4.69, 9.17) is 0 Å². The molecule has 0 spiro atoms. The molecule has 0 fully saturated rings. The van der Waals surface area contributed by atoms with Gasteiger partial charge in [0.2, 0.25) is 5.91 Å². The quantitative estimate of drug-likeness (QED) is 0.397. The van der Waals surface area contributed by atoms with Gasteiger partial charge in [0.25, 0.3) is 5.91 Å². The number of pyridine rings is 1. The van der Waals surface area contributed by atoms with E-state index in [0.29, 0.717) is 24.3 Å². The van der Waals surface area contributed by atoms with Gasteiger partial charge in [0.1, 0.15) is 6.61 Å². The average Bonchev–Trinajstić information content (AvgIpc) is 3.37. The summed E-state index contributed by atoms with van der Waals surface area (Å²) in [7, 11) is 1.60. The fraction of sp³-hybridized carbons (Fsp3) is 0.214. The summed E-state index contributed by atoms with van der Waals surface area (Å²) in [6.45, 7) is -0.00456. The molecular formula is C28H24F3N5O3. The Morgan fingerprint density at radius 2 is 1.87 bits per heavy atom. The third-order valence-electron chi connectivity index (χ3n) is 6.62. The SMILES string of the molecule is Cn1ccc(-c2cc(C(=O)Nc3cnc4c(c3-c3ccccc3)CCN(C(=O)CO)C4)ccc2C(F)(F)F)n1. The molecule has 0 atom stereocenters. The molecule has 4 aromatic rings. The van der Waals surface area contributed by atoms with Crippen LogP contribution in [-0.2, 0) is 31.0 Å². The highest BCUT2D eigenvalue weighted by atomic mass is 19.4. The van der Waals surface area contributed by atoms with E-state index >= 15 is 0 Å². The van der Waals surface area contributed by atoms with Crippen LogP contribution >= 0.6 is 0 Å². The van der Waals surface area contributed by atoms with Gasteiger partial charge >= 0.3 is 6.18 Å². The number of nitrogens with zero attached hydrogens (tertiary/aromatic N) is 4. The minimum atomic E-state index is -4.63. The van der Waals surface area contributed by atoms with Gasteiger partial charge in [-0.15, -0.1) is 0 Å². The molecule has 11 heteroatoms. The molecule has 1 aliphatic rings. The van der Waals surface area contributed by atoms with Crippen LogP contribution in [0.25, 0.3) is 22.4 Å². The summed E-state index contributed by atoms with van der Waals surface area (Å²) >= 11 is 0. The number of aliphatic hydroxyl groups is 1. The summed E-state index contributed by atoms with van der Waals surface area (Å²) in [5.41, 5.74) is 2.47. The van der Waals surface area contributed by atoms with Crippen LogP contribution in [0.15, 0.2) is 67.0 Å². The molecule has 0 bridgehead atoms. The Morgan fingerprint density at radius 1 is 1.10 bits per heavy atom. The predicted octanol–water partition coefficient (Wildman–Crippen LogP) is 4.30. The van der Waals surface area contributed by atoms with Crippen molar-refractivity contribution < 1.29 is 27.9 Å². The van der Waals surface area contributed by atoms with Gasteiger partial charge in [-0.3, -0.25) is 19.3 Å². The van der Waals surface area contributed by atoms with Gasteiger partial charge in [0.15, 0.2) is 0 Å². The lowest BCUT2D eigenvalue weighted by molar-refractivity contribution is -0.137. The first-order valence-electron chi connectivity index (χ1n) is 12.1. The second kappa shape index (κ2) is 10.3. The molecule has 2 aromatic carbocycles. The summed E-state index contributed by atoms with van der Waals surface area (Å²) < 4.78 is 42.6. The topological polar surface area (TPSA) is 100 Å². The lowest BCUT2D eigenvalue weighted by Crippen LogP contribution is -2.38. The molecule has 0 radical (unpaired) electrons. The van der Waals surface area contributed by atoms with Gasteiger partial charge in [-0.1, -0.05) is 30.3 Å². The number of rotatable bonds is 5. The maximum atomic E-state index is 13.7. The van der Waals surface area contributed by atoms with Crippen LogP contribution in [0.4, 0.5) is 18.9 Å². The molecule has 200 valence electrons. The van der Waals surface area contributed by atoms with Gasteiger partial charge in [0.05, 0.1) is 35.4 Å². The zero-order valence-electron chi connectivity index (χ0n) is 20.9. The van der Waals surface area contributed by atoms with Crippen molar-refractivity contribution in [3.8, 4) is 22.4 Å². The van der Waals surface area contributed by atoms with Crippen molar-refractivity contribution in [3.05, 3.63) is 89.4 Å². The number of amides is 2. The Balaban J connectivity index is 1.54. The second-order valence-corrected chi connectivity index (χ2v) is 9.15. The number of aryl methyl sites for hydroxylation is 1. The minimum Gasteiger partial charge on any atom is -0.387 e. The molecule has 0 unspecified atom stereocenters. The van der Waals surface area contributed by atoms with Crippen molar-refractivity contribution in [1.29, 1.82) is 0 Å². The second-order valence-electron chi connectivity index (χ2n) is 9.15. The van der Waals surface area contributed by atoms with E-state index in [1.807, 2.05) is 30.3 Å². The van der Waals surface area contributed by atoms with E-state index in [1.54, 1.807) is 7.05 Å². The van der Waals surface area contributed by atoms with Gasteiger partial charge in [0, 0.05) is 36.5 Å². The van der Waals surface area contributed by atoms with Crippen LogP contribution < -0.4 is 5.32 Å². The lowest BCUT2D eigenvalue weighted by Gasteiger charge is -2.30. The van der Waals surface area contributed by atoms with Crippen LogP contribution in [0.1, 0.15) is 27.2 Å². The average molecular weight is 536 g/mol. The van der Waals surface area contributed by atoms with Crippen molar-refractivity contribution in [2.45, 2.75) is 19.1 Å². The number of halogens is 3. The maximum Gasteiger partial charge on any atom is 0.417 e. The molecule has 0 saturated carbocycles. The normalized spacial score (nSPS) is 13.2. The highest BCUT2D eigenvalue weighted by Crippen LogP contribution is 2.38. The van der Waals surface area contributed by atoms with Crippen molar-refractivity contribution in [2.24, 2.45) is 7.05 Å². The molecule has 0 saturated heterocycles. The summed E-state index contributed by atoms with van der Waals surface area (Å²) in [5, 5.41) is 16.2. The third-order valence-corrected chi connectivity index (χ3v) is 6.62. The number of nitrogens with one attached hydrogen (secondary N) is 1. The first-order chi connectivity index (χ1) is 18.7. The lowest BCUT2D eigenvalue weighted by atomic mass is 9.92. The number of anilines is 1. The van der Waals surface area contributed by atoms with Crippen LogP contribution in [-0.4, -0.2) is 49.7 Å². The van der Waals surface area contributed by atoms with Crippen LogP contribution in [0.5, 0.6) is 0 Å². The standard InChI is InChI=1S/C28H24F3N5O3/c1-35-11-10-22(34-35)20-13-18(7-8-21(20)28(29,30)31)27(39)33-23-14-32-24-15-36(25(38)16-37)12-9-19(24)26(23)17-5-3-2-4-6-17/h2-8,10-11,13-14,37H,9,12,15-16H2,1H3,(H,33,39). The van der Waals surface area contributed by atoms with E-state index in [2.05, 4.69) is 15.4 Å². The van der Waals surface area contributed by atoms with Gasteiger partial charge < -0.3 is 15.3 Å². The fourth-order valence-corrected chi connectivity index (χ4v) is 4.74. The Morgan fingerprint density at radius 3 is 2.54 bits per heavy atom. The zero-order chi connectivity index (χ0) is 27.7. The zero-order valence-corrected chi connectivity index (χ0v) is 20.9. The number of aliphatic hydroxyl groups excluding tert-OH is 1. The molecule has 8 nitrogen and oxygen atoms in total. The smallest absolute Gasteiger partial charge is 0.387 e. The van der Waals surface area contributed by atoms with Crippen molar-refractivity contribution in [3.63, 3.8) is 0 Å². The molecule has 2 N–H and O–H groups in total. The molecule has 0 aliphatic carbocycles. The summed E-state index contributed by atoms with van der Waals surface area (Å²) in [5.74, 6) is -1.00. The maximum absolute atomic E-state index is 13.7. The molecule has 39 heavy (non-hydrogen) atoms. The van der Waals surface area contributed by atoms with Crippen molar-refractivity contribution in [2.75, 3.05) is 18.5 Å². The van der Waals surface area contributed by atoms with Gasteiger partial charge in [-0.05, 0) is 41.8 Å². The number of hydrogen-bond acceptors (Lipinski definition) is 5. The number of hydrogen-bond donors (Lipinski definition) is 2. The fourth-order valence-electron chi connectivity index (χ4n) is 4.74. The number of fused-ring (bicyclic) bond motifs is 1. The minimum absolute atomic E-state index is 0.0279. The number of carbonyl (C=O) groups is 2. The van der Waals surface area contributed by atoms with Crippen LogP contribution in [0, 0.1) is 0 Å². The predicted molar refractivity (Wildman–Crippen MR) is 137 cm³/mol. The first-order valence-corrected chi connectivity index (χ1v) is 12.1. The summed E-state index contributed by atoms with van der Waals surface area (Å²) in [6.07, 6.45) is -1.17. The highest BCUT2D eigenvalue weighted by Gasteiger charge is 2.35. The Kier molecular flexibility index (Phi) is 6.92. The number of carbonyl (C=O) groups excluding carboxylic acids is 2. The number of benzene rings is 2. The monoisotopic (exact) mass is 535 g/mol. The Labute approximate surface area is 221 Å². The molecule has 3 heterocycles. The summed E-state index contributed by atoms with van der Waals surface area (Å²) in [6, 6.07) is 14.0. The van der Waals surface area contributed by atoms with E-state index in [9.17, 15) is 27.9 Å².